The summed E-state index contributed by atoms with van der Waals surface area (Å²) in [6.07, 6.45) is 1.91. The number of hydrogen-bond donors (Lipinski definition) is 1. The van der Waals surface area contributed by atoms with Gasteiger partial charge in [-0.05, 0) is 38.1 Å². The number of hydrogen-bond acceptors (Lipinski definition) is 3. The van der Waals surface area contributed by atoms with Gasteiger partial charge in [-0.1, -0.05) is 6.07 Å². The highest BCUT2D eigenvalue weighted by atomic mass is 16.5. The summed E-state index contributed by atoms with van der Waals surface area (Å²) in [4.78, 5) is 12.2. The van der Waals surface area contributed by atoms with Crippen molar-refractivity contribution in [2.24, 2.45) is 0 Å². The van der Waals surface area contributed by atoms with E-state index in [1.807, 2.05) is 36.9 Å². The Hall–Kier alpha value is -2.30. The minimum absolute atomic E-state index is 0.137. The van der Waals surface area contributed by atoms with Crippen molar-refractivity contribution < 1.29 is 9.53 Å². The summed E-state index contributed by atoms with van der Waals surface area (Å²) < 4.78 is 6.95. The molecular weight excluding hydrogens is 254 g/mol. The van der Waals surface area contributed by atoms with Crippen molar-refractivity contribution in [3.05, 3.63) is 47.8 Å². The maximum Gasteiger partial charge on any atom is 0.251 e. The van der Waals surface area contributed by atoms with Gasteiger partial charge in [0.05, 0.1) is 18.8 Å². The number of rotatable bonds is 5. The number of aryl methyl sites for hydroxylation is 1. The Balaban J connectivity index is 2.06. The number of amides is 1. The van der Waals surface area contributed by atoms with Gasteiger partial charge in [0.2, 0.25) is 0 Å². The second kappa shape index (κ2) is 6.23. The van der Waals surface area contributed by atoms with Gasteiger partial charge in [0.15, 0.2) is 0 Å². The van der Waals surface area contributed by atoms with Gasteiger partial charge in [-0.25, -0.2) is 0 Å². The molecule has 1 aromatic carbocycles. The van der Waals surface area contributed by atoms with Gasteiger partial charge in [-0.3, -0.25) is 9.48 Å². The second-order valence-electron chi connectivity index (χ2n) is 4.52. The van der Waals surface area contributed by atoms with E-state index in [1.165, 1.54) is 0 Å². The zero-order valence-electron chi connectivity index (χ0n) is 12.0. The van der Waals surface area contributed by atoms with Crippen LogP contribution in [-0.2, 0) is 6.54 Å². The van der Waals surface area contributed by atoms with Gasteiger partial charge in [-0.15, -0.1) is 0 Å². The molecule has 0 fully saturated rings. The molecule has 0 bridgehead atoms. The molecule has 2 rings (SSSR count). The van der Waals surface area contributed by atoms with Crippen molar-refractivity contribution in [2.45, 2.75) is 26.4 Å². The van der Waals surface area contributed by atoms with Gasteiger partial charge >= 0.3 is 0 Å². The SMILES string of the molecule is CCn1ccc(C(C)NC(=O)c2cccc(OC)c2)n1. The summed E-state index contributed by atoms with van der Waals surface area (Å²) in [5, 5.41) is 7.32. The van der Waals surface area contributed by atoms with Crippen molar-refractivity contribution in [3.63, 3.8) is 0 Å². The van der Waals surface area contributed by atoms with Crippen LogP contribution in [0, 0.1) is 0 Å². The molecule has 1 amide bonds. The number of ether oxygens (including phenoxy) is 1. The first-order chi connectivity index (χ1) is 9.63. The van der Waals surface area contributed by atoms with E-state index in [1.54, 1.807) is 25.3 Å². The molecule has 0 aliphatic heterocycles. The molecule has 0 saturated carbocycles. The molecule has 20 heavy (non-hydrogen) atoms. The first kappa shape index (κ1) is 14.1. The quantitative estimate of drug-likeness (QED) is 0.910. The smallest absolute Gasteiger partial charge is 0.251 e. The maximum absolute atomic E-state index is 12.2. The van der Waals surface area contributed by atoms with E-state index in [0.717, 1.165) is 12.2 Å². The van der Waals surface area contributed by atoms with E-state index >= 15 is 0 Å². The van der Waals surface area contributed by atoms with Crippen LogP contribution >= 0.6 is 0 Å². The summed E-state index contributed by atoms with van der Waals surface area (Å²) in [5.74, 6) is 0.531. The molecule has 0 aliphatic rings. The highest BCUT2D eigenvalue weighted by molar-refractivity contribution is 5.94. The fourth-order valence-corrected chi connectivity index (χ4v) is 1.90. The van der Waals surface area contributed by atoms with Gasteiger partial charge in [0.25, 0.3) is 5.91 Å². The third-order valence-corrected chi connectivity index (χ3v) is 3.11. The van der Waals surface area contributed by atoms with Crippen LogP contribution in [0.25, 0.3) is 0 Å². The summed E-state index contributed by atoms with van der Waals surface area (Å²) >= 11 is 0. The lowest BCUT2D eigenvalue weighted by Crippen LogP contribution is -2.27. The van der Waals surface area contributed by atoms with Crippen molar-refractivity contribution in [1.82, 2.24) is 15.1 Å². The van der Waals surface area contributed by atoms with Crippen LogP contribution in [0.1, 0.15) is 35.9 Å². The molecule has 1 atom stereocenters. The molecule has 106 valence electrons. The summed E-state index contributed by atoms with van der Waals surface area (Å²) in [5.41, 5.74) is 1.43. The molecule has 0 radical (unpaired) electrons. The second-order valence-corrected chi connectivity index (χ2v) is 4.52. The number of carbonyl (C=O) groups is 1. The Morgan fingerprint density at radius 3 is 2.90 bits per heavy atom. The van der Waals surface area contributed by atoms with Gasteiger partial charge in [0.1, 0.15) is 5.75 Å². The third kappa shape index (κ3) is 3.17. The van der Waals surface area contributed by atoms with E-state index in [9.17, 15) is 4.79 Å². The zero-order chi connectivity index (χ0) is 14.5. The molecule has 0 aliphatic carbocycles. The molecule has 2 aromatic rings. The fraction of sp³-hybridized carbons (Fsp3) is 0.333. The van der Waals surface area contributed by atoms with E-state index < -0.39 is 0 Å². The van der Waals surface area contributed by atoms with Crippen molar-refractivity contribution >= 4 is 5.91 Å². The van der Waals surface area contributed by atoms with Crippen LogP contribution in [0.4, 0.5) is 0 Å². The monoisotopic (exact) mass is 273 g/mol. The molecule has 0 saturated heterocycles. The number of methoxy groups -OCH3 is 1. The van der Waals surface area contributed by atoms with Crippen LogP contribution in [-0.4, -0.2) is 22.8 Å². The maximum atomic E-state index is 12.2. The van der Waals surface area contributed by atoms with E-state index in [-0.39, 0.29) is 11.9 Å². The Morgan fingerprint density at radius 2 is 2.25 bits per heavy atom. The minimum atomic E-state index is -0.137. The third-order valence-electron chi connectivity index (χ3n) is 3.11. The summed E-state index contributed by atoms with van der Waals surface area (Å²) in [6, 6.07) is 8.86. The average Bonchev–Trinajstić information content (AvgIpc) is 2.96. The van der Waals surface area contributed by atoms with Crippen LogP contribution in [0.5, 0.6) is 5.75 Å². The van der Waals surface area contributed by atoms with Crippen LogP contribution in [0.3, 0.4) is 0 Å². The highest BCUT2D eigenvalue weighted by Gasteiger charge is 2.14. The fourth-order valence-electron chi connectivity index (χ4n) is 1.90. The molecule has 1 aromatic heterocycles. The average molecular weight is 273 g/mol. The standard InChI is InChI=1S/C15H19N3O2/c1-4-18-9-8-14(17-18)11(2)16-15(19)12-6-5-7-13(10-12)20-3/h5-11H,4H2,1-3H3,(H,16,19). The number of aromatic nitrogens is 2. The topological polar surface area (TPSA) is 56.2 Å². The lowest BCUT2D eigenvalue weighted by molar-refractivity contribution is 0.0938. The highest BCUT2D eigenvalue weighted by Crippen LogP contribution is 2.14. The predicted molar refractivity (Wildman–Crippen MR) is 76.8 cm³/mol. The van der Waals surface area contributed by atoms with Crippen molar-refractivity contribution in [3.8, 4) is 5.75 Å². The van der Waals surface area contributed by atoms with E-state index in [4.69, 9.17) is 4.74 Å². The van der Waals surface area contributed by atoms with Crippen molar-refractivity contribution in [2.75, 3.05) is 7.11 Å². The first-order valence-electron chi connectivity index (χ1n) is 6.62. The zero-order valence-corrected chi connectivity index (χ0v) is 12.0. The van der Waals surface area contributed by atoms with E-state index in [2.05, 4.69) is 10.4 Å². The van der Waals surface area contributed by atoms with Crippen LogP contribution in [0.2, 0.25) is 0 Å². The normalized spacial score (nSPS) is 11.9. The first-order valence-corrected chi connectivity index (χ1v) is 6.62. The number of carbonyl (C=O) groups excluding carboxylic acids is 1. The predicted octanol–water partition coefficient (Wildman–Crippen LogP) is 2.40. The number of nitrogens with zero attached hydrogens (tertiary/aromatic N) is 2. The van der Waals surface area contributed by atoms with E-state index in [0.29, 0.717) is 11.3 Å². The Bertz CT molecular complexity index is 592. The molecule has 1 N–H and O–H groups in total. The summed E-state index contributed by atoms with van der Waals surface area (Å²) in [6.45, 7) is 4.76. The molecule has 1 unspecified atom stereocenters. The lowest BCUT2D eigenvalue weighted by Gasteiger charge is -2.12. The van der Waals surface area contributed by atoms with Gasteiger partial charge in [-0.2, -0.15) is 5.10 Å². The Labute approximate surface area is 118 Å². The summed E-state index contributed by atoms with van der Waals surface area (Å²) in [7, 11) is 1.58. The Kier molecular flexibility index (Phi) is 4.40. The Morgan fingerprint density at radius 1 is 1.45 bits per heavy atom. The molecular formula is C15H19N3O2. The number of nitrogens with one attached hydrogen (secondary N) is 1. The molecule has 5 heteroatoms. The van der Waals surface area contributed by atoms with Gasteiger partial charge < -0.3 is 10.1 Å². The van der Waals surface area contributed by atoms with Crippen LogP contribution < -0.4 is 10.1 Å². The van der Waals surface area contributed by atoms with Crippen molar-refractivity contribution in [1.29, 1.82) is 0 Å². The molecule has 5 nitrogen and oxygen atoms in total. The lowest BCUT2D eigenvalue weighted by atomic mass is 10.1. The largest absolute Gasteiger partial charge is 0.497 e. The molecule has 0 spiro atoms. The molecule has 1 heterocycles. The minimum Gasteiger partial charge on any atom is -0.497 e. The van der Waals surface area contributed by atoms with Crippen LogP contribution in [0.15, 0.2) is 36.5 Å². The number of benzene rings is 1. The van der Waals surface area contributed by atoms with Gasteiger partial charge in [0, 0.05) is 18.3 Å².